The quantitative estimate of drug-likeness (QED) is 0.724. The summed E-state index contributed by atoms with van der Waals surface area (Å²) in [5.41, 5.74) is 0.522. The summed E-state index contributed by atoms with van der Waals surface area (Å²) >= 11 is 5.95. The second-order valence-corrected chi connectivity index (χ2v) is 5.86. The first-order valence-electron chi connectivity index (χ1n) is 7.97. The molecule has 0 saturated carbocycles. The number of esters is 1. The van der Waals surface area contributed by atoms with Gasteiger partial charge in [0.2, 0.25) is 0 Å². The lowest BCUT2D eigenvalue weighted by atomic mass is 10.2. The monoisotopic (exact) mass is 393 g/mol. The van der Waals surface area contributed by atoms with Gasteiger partial charge in [-0.25, -0.2) is 4.79 Å². The third-order valence-corrected chi connectivity index (χ3v) is 3.93. The van der Waals surface area contributed by atoms with Crippen molar-refractivity contribution in [1.29, 1.82) is 0 Å². The first-order chi connectivity index (χ1) is 12.9. The van der Waals surface area contributed by atoms with Crippen molar-refractivity contribution in [3.05, 3.63) is 47.0 Å². The number of halogens is 1. The molecule has 0 aliphatic rings. The number of nitrogens with one attached hydrogen (secondary N) is 1. The predicted molar refractivity (Wildman–Crippen MR) is 101 cm³/mol. The van der Waals surface area contributed by atoms with Crippen LogP contribution in [0.1, 0.15) is 17.3 Å². The number of amides is 1. The van der Waals surface area contributed by atoms with Crippen LogP contribution in [0.15, 0.2) is 36.4 Å². The highest BCUT2D eigenvalue weighted by Gasteiger charge is 2.23. The van der Waals surface area contributed by atoms with Crippen LogP contribution >= 0.6 is 11.6 Å². The van der Waals surface area contributed by atoms with Gasteiger partial charge in [-0.2, -0.15) is 0 Å². The smallest absolute Gasteiger partial charge is 0.342 e. The maximum absolute atomic E-state index is 12.5. The van der Waals surface area contributed by atoms with E-state index in [1.165, 1.54) is 40.4 Å². The van der Waals surface area contributed by atoms with Gasteiger partial charge in [0.05, 0.1) is 27.0 Å². The predicted octanol–water partition coefficient (Wildman–Crippen LogP) is 3.55. The summed E-state index contributed by atoms with van der Waals surface area (Å²) in [5.74, 6) is -0.209. The van der Waals surface area contributed by atoms with Crippen LogP contribution in [0.2, 0.25) is 5.02 Å². The maximum atomic E-state index is 12.5. The van der Waals surface area contributed by atoms with Crippen LogP contribution in [0.3, 0.4) is 0 Å². The van der Waals surface area contributed by atoms with Gasteiger partial charge < -0.3 is 24.3 Å². The minimum absolute atomic E-state index is 0.150. The minimum atomic E-state index is -1.07. The van der Waals surface area contributed by atoms with E-state index in [-0.39, 0.29) is 11.3 Å². The van der Waals surface area contributed by atoms with Crippen molar-refractivity contribution in [2.24, 2.45) is 0 Å². The number of hydrogen-bond acceptors (Lipinski definition) is 6. The van der Waals surface area contributed by atoms with Crippen LogP contribution in [0.4, 0.5) is 5.69 Å². The molecule has 0 radical (unpaired) electrons. The molecule has 1 amide bonds. The number of benzene rings is 2. The Morgan fingerprint density at radius 2 is 1.70 bits per heavy atom. The van der Waals surface area contributed by atoms with E-state index in [0.29, 0.717) is 22.2 Å². The number of para-hydroxylation sites is 1. The Balaban J connectivity index is 2.13. The molecule has 144 valence electrons. The molecule has 2 aromatic carbocycles. The highest BCUT2D eigenvalue weighted by atomic mass is 35.5. The van der Waals surface area contributed by atoms with Gasteiger partial charge in [0, 0.05) is 5.02 Å². The van der Waals surface area contributed by atoms with Crippen LogP contribution in [0, 0.1) is 0 Å². The molecular weight excluding hydrogens is 374 g/mol. The minimum Gasteiger partial charge on any atom is -0.495 e. The summed E-state index contributed by atoms with van der Waals surface area (Å²) in [6, 6.07) is 9.59. The highest BCUT2D eigenvalue weighted by Crippen LogP contribution is 2.31. The van der Waals surface area contributed by atoms with Crippen molar-refractivity contribution in [3.8, 4) is 17.2 Å². The summed E-state index contributed by atoms with van der Waals surface area (Å²) in [5, 5.41) is 3.06. The summed E-state index contributed by atoms with van der Waals surface area (Å²) in [6.45, 7) is 1.46. The zero-order chi connectivity index (χ0) is 20.0. The Morgan fingerprint density at radius 1 is 1.00 bits per heavy atom. The normalized spacial score (nSPS) is 11.3. The second-order valence-electron chi connectivity index (χ2n) is 5.42. The molecule has 0 aromatic heterocycles. The molecule has 0 spiro atoms. The van der Waals surface area contributed by atoms with Crippen LogP contribution in [0.5, 0.6) is 17.2 Å². The zero-order valence-corrected chi connectivity index (χ0v) is 16.1. The molecular formula is C19H20ClNO6. The largest absolute Gasteiger partial charge is 0.495 e. The second kappa shape index (κ2) is 9.14. The molecule has 1 N–H and O–H groups in total. The molecule has 0 unspecified atom stereocenters. The van der Waals surface area contributed by atoms with Gasteiger partial charge in [0.25, 0.3) is 5.91 Å². The molecule has 27 heavy (non-hydrogen) atoms. The van der Waals surface area contributed by atoms with Gasteiger partial charge in [0.15, 0.2) is 17.6 Å². The van der Waals surface area contributed by atoms with E-state index in [1.807, 2.05) is 0 Å². The molecule has 0 aliphatic carbocycles. The van der Waals surface area contributed by atoms with Crippen LogP contribution in [-0.2, 0) is 9.53 Å². The molecule has 0 bridgehead atoms. The van der Waals surface area contributed by atoms with Gasteiger partial charge in [-0.1, -0.05) is 17.7 Å². The zero-order valence-electron chi connectivity index (χ0n) is 15.4. The van der Waals surface area contributed by atoms with Crippen molar-refractivity contribution in [3.63, 3.8) is 0 Å². The van der Waals surface area contributed by atoms with Crippen molar-refractivity contribution in [1.82, 2.24) is 0 Å². The fraction of sp³-hybridized carbons (Fsp3) is 0.263. The Morgan fingerprint density at radius 3 is 2.33 bits per heavy atom. The van der Waals surface area contributed by atoms with E-state index in [2.05, 4.69) is 5.32 Å². The van der Waals surface area contributed by atoms with Gasteiger partial charge in [-0.3, -0.25) is 4.79 Å². The van der Waals surface area contributed by atoms with Crippen LogP contribution in [0.25, 0.3) is 0 Å². The van der Waals surface area contributed by atoms with Crippen molar-refractivity contribution in [2.45, 2.75) is 13.0 Å². The van der Waals surface area contributed by atoms with Crippen molar-refractivity contribution >= 4 is 29.2 Å². The fourth-order valence-corrected chi connectivity index (χ4v) is 2.51. The standard InChI is InChI=1S/C19H20ClNO6/c1-11(18(22)21-14-10-12(20)8-9-15(14)24-2)27-19(23)13-6-5-7-16(25-3)17(13)26-4/h5-11H,1-4H3,(H,21,22)/t11-/m0/s1. The number of anilines is 1. The maximum Gasteiger partial charge on any atom is 0.342 e. The molecule has 2 rings (SSSR count). The van der Waals surface area contributed by atoms with E-state index in [9.17, 15) is 9.59 Å². The number of methoxy groups -OCH3 is 3. The topological polar surface area (TPSA) is 83.1 Å². The average molecular weight is 394 g/mol. The van der Waals surface area contributed by atoms with Gasteiger partial charge in [-0.15, -0.1) is 0 Å². The summed E-state index contributed by atoms with van der Waals surface area (Å²) < 4.78 is 20.8. The third-order valence-electron chi connectivity index (χ3n) is 3.70. The molecule has 8 heteroatoms. The average Bonchev–Trinajstić information content (AvgIpc) is 2.67. The summed E-state index contributed by atoms with van der Waals surface area (Å²) in [6.07, 6.45) is -1.07. The first-order valence-corrected chi connectivity index (χ1v) is 8.35. The highest BCUT2D eigenvalue weighted by molar-refractivity contribution is 6.31. The first kappa shape index (κ1) is 20.4. The van der Waals surface area contributed by atoms with E-state index in [0.717, 1.165) is 0 Å². The van der Waals surface area contributed by atoms with Gasteiger partial charge in [-0.05, 0) is 37.3 Å². The molecule has 0 aliphatic heterocycles. The van der Waals surface area contributed by atoms with E-state index in [1.54, 1.807) is 24.3 Å². The molecule has 0 fully saturated rings. The lowest BCUT2D eigenvalue weighted by molar-refractivity contribution is -0.123. The number of hydrogen-bond donors (Lipinski definition) is 1. The van der Waals surface area contributed by atoms with Gasteiger partial charge >= 0.3 is 5.97 Å². The number of rotatable bonds is 7. The lowest BCUT2D eigenvalue weighted by Crippen LogP contribution is -2.30. The summed E-state index contributed by atoms with van der Waals surface area (Å²) in [4.78, 5) is 24.8. The summed E-state index contributed by atoms with van der Waals surface area (Å²) in [7, 11) is 4.34. The molecule has 0 saturated heterocycles. The van der Waals surface area contributed by atoms with Gasteiger partial charge in [0.1, 0.15) is 11.3 Å². The fourth-order valence-electron chi connectivity index (χ4n) is 2.34. The third kappa shape index (κ3) is 4.83. The SMILES string of the molecule is COc1ccc(Cl)cc1NC(=O)[C@H](C)OC(=O)c1cccc(OC)c1OC. The van der Waals surface area contributed by atoms with Crippen LogP contribution in [-0.4, -0.2) is 39.3 Å². The Labute approximate surface area is 162 Å². The van der Waals surface area contributed by atoms with E-state index in [4.69, 9.17) is 30.5 Å². The Hall–Kier alpha value is -2.93. The number of carbonyl (C=O) groups excluding carboxylic acids is 2. The van der Waals surface area contributed by atoms with Crippen molar-refractivity contribution in [2.75, 3.05) is 26.6 Å². The van der Waals surface area contributed by atoms with Crippen LogP contribution < -0.4 is 19.5 Å². The van der Waals surface area contributed by atoms with Crippen molar-refractivity contribution < 1.29 is 28.5 Å². The molecule has 7 nitrogen and oxygen atoms in total. The Bertz CT molecular complexity index is 839. The lowest BCUT2D eigenvalue weighted by Gasteiger charge is -2.17. The Kier molecular flexibility index (Phi) is 6.90. The molecule has 1 atom stereocenters. The van der Waals surface area contributed by atoms with E-state index < -0.39 is 18.0 Å². The molecule has 2 aromatic rings. The number of ether oxygens (including phenoxy) is 4. The number of carbonyl (C=O) groups is 2. The molecule has 0 heterocycles. The van der Waals surface area contributed by atoms with E-state index >= 15 is 0 Å².